The number of aromatic nitrogens is 1. The predicted molar refractivity (Wildman–Crippen MR) is 77.2 cm³/mol. The highest BCUT2D eigenvalue weighted by atomic mass is 19.4. The maximum atomic E-state index is 12.6. The van der Waals surface area contributed by atoms with Gasteiger partial charge >= 0.3 is 6.18 Å². The zero-order valence-corrected chi connectivity index (χ0v) is 12.5. The molecule has 1 aromatic heterocycles. The van der Waals surface area contributed by atoms with Gasteiger partial charge in [0.15, 0.2) is 0 Å². The summed E-state index contributed by atoms with van der Waals surface area (Å²) in [5.74, 6) is 0.291. The van der Waals surface area contributed by atoms with Gasteiger partial charge in [0, 0.05) is 18.6 Å². The van der Waals surface area contributed by atoms with Crippen molar-refractivity contribution >= 4 is 5.82 Å². The summed E-state index contributed by atoms with van der Waals surface area (Å²) >= 11 is 0. The number of alkyl halides is 3. The highest BCUT2D eigenvalue weighted by Crippen LogP contribution is 2.28. The van der Waals surface area contributed by atoms with Crippen molar-refractivity contribution in [3.63, 3.8) is 0 Å². The van der Waals surface area contributed by atoms with Crippen molar-refractivity contribution in [2.24, 2.45) is 0 Å². The Morgan fingerprint density at radius 2 is 2.10 bits per heavy atom. The number of hydrogen-bond donors (Lipinski definition) is 1. The second kappa shape index (κ2) is 6.64. The predicted octanol–water partition coefficient (Wildman–Crippen LogP) is 3.78. The first-order valence-corrected chi connectivity index (χ1v) is 7.42. The molecule has 0 aliphatic carbocycles. The lowest BCUT2D eigenvalue weighted by Gasteiger charge is -2.38. The van der Waals surface area contributed by atoms with E-state index in [1.807, 2.05) is 0 Å². The van der Waals surface area contributed by atoms with Gasteiger partial charge in [0.1, 0.15) is 11.5 Å². The van der Waals surface area contributed by atoms with Crippen LogP contribution in [0.15, 0.2) is 18.2 Å². The summed E-state index contributed by atoms with van der Waals surface area (Å²) < 4.78 is 37.9. The third-order valence-electron chi connectivity index (χ3n) is 3.89. The second-order valence-electron chi connectivity index (χ2n) is 5.77. The number of nitrogens with zero attached hydrogens (tertiary/aromatic N) is 2. The SMILES string of the molecule is CC(C)N1CCCCC1CNc1cccc(C(F)(F)F)n1. The normalized spacial score (nSPS) is 20.8. The molecule has 1 unspecified atom stereocenters. The van der Waals surface area contributed by atoms with Gasteiger partial charge in [-0.2, -0.15) is 13.2 Å². The van der Waals surface area contributed by atoms with Gasteiger partial charge in [-0.3, -0.25) is 4.90 Å². The first-order valence-electron chi connectivity index (χ1n) is 7.42. The second-order valence-corrected chi connectivity index (χ2v) is 5.77. The van der Waals surface area contributed by atoms with Gasteiger partial charge in [0.05, 0.1) is 0 Å². The summed E-state index contributed by atoms with van der Waals surface area (Å²) in [5.41, 5.74) is -0.850. The number of piperidine rings is 1. The molecule has 1 aliphatic heterocycles. The first kappa shape index (κ1) is 16.1. The van der Waals surface area contributed by atoms with Gasteiger partial charge in [-0.25, -0.2) is 4.98 Å². The molecule has 118 valence electrons. The topological polar surface area (TPSA) is 28.2 Å². The lowest BCUT2D eigenvalue weighted by atomic mass is 10.0. The Hall–Kier alpha value is -1.30. The molecule has 3 nitrogen and oxygen atoms in total. The van der Waals surface area contributed by atoms with Crippen LogP contribution >= 0.6 is 0 Å². The van der Waals surface area contributed by atoms with Crippen LogP contribution in [-0.2, 0) is 6.18 Å². The fraction of sp³-hybridized carbons (Fsp3) is 0.667. The molecule has 1 N–H and O–H groups in total. The monoisotopic (exact) mass is 301 g/mol. The summed E-state index contributed by atoms with van der Waals surface area (Å²) in [4.78, 5) is 6.05. The Labute approximate surface area is 123 Å². The van der Waals surface area contributed by atoms with Crippen LogP contribution < -0.4 is 5.32 Å². The molecular weight excluding hydrogens is 279 g/mol. The van der Waals surface area contributed by atoms with E-state index < -0.39 is 11.9 Å². The van der Waals surface area contributed by atoms with E-state index >= 15 is 0 Å². The quantitative estimate of drug-likeness (QED) is 0.917. The number of hydrogen-bond acceptors (Lipinski definition) is 3. The smallest absolute Gasteiger partial charge is 0.368 e. The molecule has 21 heavy (non-hydrogen) atoms. The Morgan fingerprint density at radius 1 is 1.33 bits per heavy atom. The Balaban J connectivity index is 1.99. The average Bonchev–Trinajstić information content (AvgIpc) is 2.45. The molecule has 0 aromatic carbocycles. The molecule has 1 atom stereocenters. The Bertz CT molecular complexity index is 460. The first-order chi connectivity index (χ1) is 9.88. The largest absolute Gasteiger partial charge is 0.433 e. The maximum Gasteiger partial charge on any atom is 0.433 e. The number of halogens is 3. The molecule has 0 amide bonds. The van der Waals surface area contributed by atoms with Crippen LogP contribution in [0.3, 0.4) is 0 Å². The molecule has 0 saturated carbocycles. The summed E-state index contributed by atoms with van der Waals surface area (Å²) in [6.45, 7) is 5.99. The van der Waals surface area contributed by atoms with Crippen molar-refractivity contribution in [2.45, 2.75) is 51.4 Å². The minimum atomic E-state index is -4.40. The standard InChI is InChI=1S/C15H22F3N3/c1-11(2)21-9-4-3-6-12(21)10-19-14-8-5-7-13(20-14)15(16,17)18/h5,7-8,11-12H,3-4,6,9-10H2,1-2H3,(H,19,20). The van der Waals surface area contributed by atoms with E-state index in [4.69, 9.17) is 0 Å². The molecule has 2 rings (SSSR count). The van der Waals surface area contributed by atoms with Gasteiger partial charge in [0.2, 0.25) is 0 Å². The molecule has 1 aliphatic rings. The average molecular weight is 301 g/mol. The summed E-state index contributed by atoms with van der Waals surface area (Å²) in [7, 11) is 0. The minimum absolute atomic E-state index is 0.291. The van der Waals surface area contributed by atoms with Gasteiger partial charge in [0.25, 0.3) is 0 Å². The van der Waals surface area contributed by atoms with E-state index in [-0.39, 0.29) is 0 Å². The van der Waals surface area contributed by atoms with Crippen molar-refractivity contribution < 1.29 is 13.2 Å². The lowest BCUT2D eigenvalue weighted by Crippen LogP contribution is -2.47. The molecule has 1 fully saturated rings. The maximum absolute atomic E-state index is 12.6. The Morgan fingerprint density at radius 3 is 2.76 bits per heavy atom. The van der Waals surface area contributed by atoms with Crippen LogP contribution in [0, 0.1) is 0 Å². The molecule has 6 heteroatoms. The minimum Gasteiger partial charge on any atom is -0.368 e. The van der Waals surface area contributed by atoms with Crippen molar-refractivity contribution in [3.8, 4) is 0 Å². The number of likely N-dealkylation sites (tertiary alicyclic amines) is 1. The van der Waals surface area contributed by atoms with Crippen molar-refractivity contribution in [1.29, 1.82) is 0 Å². The third-order valence-corrected chi connectivity index (χ3v) is 3.89. The van der Waals surface area contributed by atoms with Gasteiger partial charge in [-0.1, -0.05) is 12.5 Å². The molecule has 1 aromatic rings. The van der Waals surface area contributed by atoms with Crippen molar-refractivity contribution in [2.75, 3.05) is 18.4 Å². The molecule has 0 bridgehead atoms. The lowest BCUT2D eigenvalue weighted by molar-refractivity contribution is -0.141. The molecule has 0 radical (unpaired) electrons. The van der Waals surface area contributed by atoms with Crippen molar-refractivity contribution in [1.82, 2.24) is 9.88 Å². The highest BCUT2D eigenvalue weighted by molar-refractivity contribution is 5.36. The van der Waals surface area contributed by atoms with Crippen LogP contribution in [0.5, 0.6) is 0 Å². The fourth-order valence-electron chi connectivity index (χ4n) is 2.84. The van der Waals surface area contributed by atoms with E-state index in [0.29, 0.717) is 24.4 Å². The van der Waals surface area contributed by atoms with Crippen LogP contribution in [0.1, 0.15) is 38.8 Å². The summed E-state index contributed by atoms with van der Waals surface area (Å²) in [6, 6.07) is 4.77. The van der Waals surface area contributed by atoms with E-state index in [2.05, 4.69) is 29.0 Å². The number of nitrogens with one attached hydrogen (secondary N) is 1. The summed E-state index contributed by atoms with van der Waals surface area (Å²) in [6.07, 6.45) is -0.960. The van der Waals surface area contributed by atoms with E-state index in [9.17, 15) is 13.2 Å². The zero-order valence-electron chi connectivity index (χ0n) is 12.5. The number of rotatable bonds is 4. The van der Waals surface area contributed by atoms with Crippen LogP contribution in [0.4, 0.5) is 19.0 Å². The number of pyridine rings is 1. The van der Waals surface area contributed by atoms with E-state index in [0.717, 1.165) is 19.0 Å². The molecule has 1 saturated heterocycles. The van der Waals surface area contributed by atoms with Crippen LogP contribution in [-0.4, -0.2) is 35.1 Å². The summed E-state index contributed by atoms with van der Waals surface area (Å²) in [5, 5.41) is 3.06. The number of anilines is 1. The van der Waals surface area contributed by atoms with Gasteiger partial charge in [-0.05, 0) is 45.4 Å². The van der Waals surface area contributed by atoms with Crippen LogP contribution in [0.25, 0.3) is 0 Å². The molecule has 2 heterocycles. The zero-order chi connectivity index (χ0) is 15.5. The Kier molecular flexibility index (Phi) is 5.08. The van der Waals surface area contributed by atoms with Gasteiger partial charge in [-0.15, -0.1) is 0 Å². The highest BCUT2D eigenvalue weighted by Gasteiger charge is 2.32. The van der Waals surface area contributed by atoms with Crippen molar-refractivity contribution in [3.05, 3.63) is 23.9 Å². The molecule has 0 spiro atoms. The third kappa shape index (κ3) is 4.33. The van der Waals surface area contributed by atoms with E-state index in [1.54, 1.807) is 6.07 Å². The molecular formula is C15H22F3N3. The van der Waals surface area contributed by atoms with E-state index in [1.165, 1.54) is 18.9 Å². The van der Waals surface area contributed by atoms with Gasteiger partial charge < -0.3 is 5.32 Å². The fourth-order valence-corrected chi connectivity index (χ4v) is 2.84. The van der Waals surface area contributed by atoms with Crippen LogP contribution in [0.2, 0.25) is 0 Å².